The third kappa shape index (κ3) is 5.28. The number of piperidine rings is 1. The van der Waals surface area contributed by atoms with Crippen LogP contribution in [0.25, 0.3) is 0 Å². The van der Waals surface area contributed by atoms with Crippen LogP contribution >= 0.6 is 11.3 Å². The molecule has 2 fully saturated rings. The van der Waals surface area contributed by atoms with Crippen molar-refractivity contribution < 1.29 is 22.7 Å². The second-order valence-corrected chi connectivity index (χ2v) is 10.6. The number of carbonyl (C=O) groups excluding carboxylic acids is 2. The van der Waals surface area contributed by atoms with E-state index in [2.05, 4.69) is 15.6 Å². The van der Waals surface area contributed by atoms with Crippen molar-refractivity contribution >= 4 is 44.1 Å². The normalized spacial score (nSPS) is 17.1. The van der Waals surface area contributed by atoms with E-state index in [1.807, 2.05) is 6.92 Å². The molecule has 0 spiro atoms. The summed E-state index contributed by atoms with van der Waals surface area (Å²) in [5.74, 6) is 0.0438. The van der Waals surface area contributed by atoms with Gasteiger partial charge in [-0.3, -0.25) is 9.69 Å². The predicted molar refractivity (Wildman–Crippen MR) is 125 cm³/mol. The number of aromatic nitrogens is 1. The van der Waals surface area contributed by atoms with Gasteiger partial charge in [-0.05, 0) is 38.0 Å². The number of sulfonamides is 1. The van der Waals surface area contributed by atoms with Crippen LogP contribution in [0.3, 0.4) is 0 Å². The fourth-order valence-electron chi connectivity index (χ4n) is 3.82. The summed E-state index contributed by atoms with van der Waals surface area (Å²) < 4.78 is 33.2. The molecule has 2 saturated heterocycles. The fraction of sp³-hybridized carbons (Fsp3) is 0.476. The Hall–Kier alpha value is -2.70. The van der Waals surface area contributed by atoms with Crippen molar-refractivity contribution in [1.82, 2.24) is 14.6 Å². The highest BCUT2D eigenvalue weighted by Gasteiger charge is 2.27. The number of amides is 3. The molecule has 0 unspecified atom stereocenters. The zero-order chi connectivity index (χ0) is 23.4. The lowest BCUT2D eigenvalue weighted by atomic mass is 10.2. The van der Waals surface area contributed by atoms with Gasteiger partial charge in [0.05, 0.1) is 29.3 Å². The summed E-state index contributed by atoms with van der Waals surface area (Å²) in [7, 11) is -3.65. The second kappa shape index (κ2) is 10.1. The molecule has 1 aromatic carbocycles. The summed E-state index contributed by atoms with van der Waals surface area (Å²) in [5, 5.41) is 7.77. The molecular formula is C21H27N5O5S2. The van der Waals surface area contributed by atoms with Gasteiger partial charge in [0.25, 0.3) is 0 Å². The molecule has 0 radical (unpaired) electrons. The molecule has 2 aliphatic heterocycles. The largest absolute Gasteiger partial charge is 0.492 e. The van der Waals surface area contributed by atoms with Crippen LogP contribution in [-0.2, 0) is 21.2 Å². The van der Waals surface area contributed by atoms with Gasteiger partial charge < -0.3 is 15.4 Å². The number of benzene rings is 1. The maximum absolute atomic E-state index is 13.1. The van der Waals surface area contributed by atoms with Crippen molar-refractivity contribution in [3.05, 3.63) is 29.3 Å². The third-order valence-corrected chi connectivity index (χ3v) is 8.25. The molecule has 1 aromatic heterocycles. The molecule has 0 atom stereocenters. The van der Waals surface area contributed by atoms with E-state index < -0.39 is 10.0 Å². The van der Waals surface area contributed by atoms with Crippen molar-refractivity contribution in [3.63, 3.8) is 0 Å². The number of thiazole rings is 1. The Labute approximate surface area is 197 Å². The Morgan fingerprint density at radius 1 is 1.24 bits per heavy atom. The van der Waals surface area contributed by atoms with Gasteiger partial charge in [-0.15, -0.1) is 11.3 Å². The maximum Gasteiger partial charge on any atom is 0.323 e. The first kappa shape index (κ1) is 23.5. The van der Waals surface area contributed by atoms with Crippen LogP contribution in [-0.4, -0.2) is 62.4 Å². The van der Waals surface area contributed by atoms with E-state index in [1.165, 1.54) is 32.7 Å². The molecule has 0 saturated carbocycles. The number of hydrogen-bond acceptors (Lipinski definition) is 7. The van der Waals surface area contributed by atoms with Gasteiger partial charge in [0.2, 0.25) is 15.9 Å². The summed E-state index contributed by atoms with van der Waals surface area (Å²) in [5.41, 5.74) is 0.830. The van der Waals surface area contributed by atoms with Gasteiger partial charge in [-0.1, -0.05) is 6.42 Å². The molecule has 0 bridgehead atoms. The number of nitrogens with zero attached hydrogens (tertiary/aromatic N) is 3. The smallest absolute Gasteiger partial charge is 0.323 e. The topological polar surface area (TPSA) is 121 Å². The second-order valence-electron chi connectivity index (χ2n) is 7.79. The van der Waals surface area contributed by atoms with Gasteiger partial charge in [-0.25, -0.2) is 18.2 Å². The van der Waals surface area contributed by atoms with Crippen molar-refractivity contribution in [1.29, 1.82) is 0 Å². The minimum absolute atomic E-state index is 0.0133. The van der Waals surface area contributed by atoms with Gasteiger partial charge in [0.1, 0.15) is 5.75 Å². The summed E-state index contributed by atoms with van der Waals surface area (Å²) >= 11 is 1.30. The van der Waals surface area contributed by atoms with Crippen LogP contribution in [0.5, 0.6) is 5.75 Å². The molecule has 2 aliphatic rings. The van der Waals surface area contributed by atoms with Crippen LogP contribution in [0.4, 0.5) is 15.6 Å². The Morgan fingerprint density at radius 3 is 2.73 bits per heavy atom. The Bertz CT molecular complexity index is 1130. The lowest BCUT2D eigenvalue weighted by Gasteiger charge is -2.26. The lowest BCUT2D eigenvalue weighted by Crippen LogP contribution is -2.35. The van der Waals surface area contributed by atoms with Crippen LogP contribution in [0, 0.1) is 0 Å². The van der Waals surface area contributed by atoms with E-state index in [1.54, 1.807) is 11.4 Å². The van der Waals surface area contributed by atoms with Gasteiger partial charge in [-0.2, -0.15) is 4.31 Å². The molecule has 0 aliphatic carbocycles. The summed E-state index contributed by atoms with van der Waals surface area (Å²) in [4.78, 5) is 30.6. The fourth-order valence-corrected chi connectivity index (χ4v) is 6.21. The highest BCUT2D eigenvalue weighted by Crippen LogP contribution is 2.30. The highest BCUT2D eigenvalue weighted by molar-refractivity contribution is 7.89. The summed E-state index contributed by atoms with van der Waals surface area (Å²) in [6.07, 6.45) is 2.70. The average molecular weight is 494 g/mol. The predicted octanol–water partition coefficient (Wildman–Crippen LogP) is 2.43. The highest BCUT2D eigenvalue weighted by atomic mass is 32.2. The zero-order valence-corrected chi connectivity index (χ0v) is 20.0. The van der Waals surface area contributed by atoms with E-state index >= 15 is 0 Å². The van der Waals surface area contributed by atoms with Gasteiger partial charge in [0.15, 0.2) is 5.13 Å². The SMILES string of the molecule is CCOc1ccc(S(=O)(=O)N2CCCCC2)cc1NC(=O)Cc1csc(N2CCNC2=O)n1. The van der Waals surface area contributed by atoms with E-state index in [4.69, 9.17) is 4.74 Å². The number of ether oxygens (including phenoxy) is 1. The van der Waals surface area contributed by atoms with Crippen molar-refractivity contribution in [2.75, 3.05) is 43.0 Å². The molecule has 2 N–H and O–H groups in total. The Morgan fingerprint density at radius 2 is 2.03 bits per heavy atom. The quantitative estimate of drug-likeness (QED) is 0.583. The molecule has 4 rings (SSSR count). The first-order valence-corrected chi connectivity index (χ1v) is 13.3. The summed E-state index contributed by atoms with van der Waals surface area (Å²) in [6.45, 7) is 4.28. The maximum atomic E-state index is 13.1. The molecular weight excluding hydrogens is 466 g/mol. The Balaban J connectivity index is 1.50. The summed E-state index contributed by atoms with van der Waals surface area (Å²) in [6, 6.07) is 4.34. The third-order valence-electron chi connectivity index (χ3n) is 5.45. The molecule has 10 nitrogen and oxygen atoms in total. The Kier molecular flexibility index (Phi) is 7.15. The van der Waals surface area contributed by atoms with Crippen LogP contribution < -0.4 is 20.3 Å². The zero-order valence-electron chi connectivity index (χ0n) is 18.4. The van der Waals surface area contributed by atoms with E-state index in [9.17, 15) is 18.0 Å². The van der Waals surface area contributed by atoms with E-state index in [0.29, 0.717) is 55.0 Å². The van der Waals surface area contributed by atoms with Crippen LogP contribution in [0.2, 0.25) is 0 Å². The standard InChI is InChI=1S/C21H27N5O5S2/c1-2-31-18-7-6-16(33(29,30)25-9-4-3-5-10-25)13-17(18)24-19(27)12-15-14-32-21(23-15)26-11-8-22-20(26)28/h6-7,13-14H,2-5,8-12H2,1H3,(H,22,28)(H,24,27). The minimum atomic E-state index is -3.65. The number of nitrogens with one attached hydrogen (secondary N) is 2. The number of hydrogen-bond donors (Lipinski definition) is 2. The van der Waals surface area contributed by atoms with Crippen molar-refractivity contribution in [2.45, 2.75) is 37.5 Å². The molecule has 3 heterocycles. The van der Waals surface area contributed by atoms with Gasteiger partial charge >= 0.3 is 6.03 Å². The van der Waals surface area contributed by atoms with Crippen molar-refractivity contribution in [2.24, 2.45) is 0 Å². The number of carbonyl (C=O) groups is 2. The number of rotatable bonds is 8. The average Bonchev–Trinajstić information content (AvgIpc) is 3.44. The van der Waals surface area contributed by atoms with Crippen molar-refractivity contribution in [3.8, 4) is 5.75 Å². The molecule has 12 heteroatoms. The molecule has 2 aromatic rings. The molecule has 178 valence electrons. The monoisotopic (exact) mass is 493 g/mol. The molecule has 33 heavy (non-hydrogen) atoms. The first-order valence-electron chi connectivity index (χ1n) is 10.9. The lowest BCUT2D eigenvalue weighted by molar-refractivity contribution is -0.115. The molecule has 3 amide bonds. The van der Waals surface area contributed by atoms with E-state index in [-0.39, 0.29) is 23.3 Å². The van der Waals surface area contributed by atoms with Gasteiger partial charge in [0, 0.05) is 31.6 Å². The number of urea groups is 1. The van der Waals surface area contributed by atoms with E-state index in [0.717, 1.165) is 19.3 Å². The van der Waals surface area contributed by atoms with Crippen LogP contribution in [0.1, 0.15) is 31.9 Å². The minimum Gasteiger partial charge on any atom is -0.492 e. The van der Waals surface area contributed by atoms with Crippen LogP contribution in [0.15, 0.2) is 28.5 Å². The first-order chi connectivity index (χ1) is 15.9. The number of anilines is 2.